The molecule has 1 fully saturated rings. The van der Waals surface area contributed by atoms with Crippen molar-refractivity contribution in [3.8, 4) is 11.1 Å². The van der Waals surface area contributed by atoms with Crippen LogP contribution in [0.5, 0.6) is 0 Å². The van der Waals surface area contributed by atoms with Crippen molar-refractivity contribution >= 4 is 17.6 Å². The molecule has 1 amide bonds. The van der Waals surface area contributed by atoms with E-state index >= 15 is 0 Å². The summed E-state index contributed by atoms with van der Waals surface area (Å²) in [5.41, 5.74) is 6.52. The zero-order chi connectivity index (χ0) is 29.1. The Kier molecular flexibility index (Phi) is 8.28. The van der Waals surface area contributed by atoms with Crippen molar-refractivity contribution in [1.82, 2.24) is 24.6 Å². The topological polar surface area (TPSA) is 84.2 Å². The molecule has 0 atom stereocenters. The molecule has 4 aromatic rings. The number of piperidine rings is 1. The number of aryl methyl sites for hydroxylation is 2. The summed E-state index contributed by atoms with van der Waals surface area (Å²) in [6.07, 6.45) is 9.13. The SMILES string of the molecule is Cc1ccc(C(=O)N2CCC(c3ccc(-c4cnn(C)c4)cc3)CC2)cc1CC(=O)c1cnc(N(C)C(C)C)nc1. The molecular formula is C33H38N6O2. The first-order chi connectivity index (χ1) is 19.7. The minimum absolute atomic E-state index is 0.0217. The van der Waals surface area contributed by atoms with Gasteiger partial charge in [0.05, 0.1) is 11.8 Å². The normalized spacial score (nSPS) is 14.0. The number of likely N-dealkylation sites (tertiary alicyclic amines) is 1. The molecule has 41 heavy (non-hydrogen) atoms. The van der Waals surface area contributed by atoms with Gasteiger partial charge >= 0.3 is 0 Å². The lowest BCUT2D eigenvalue weighted by Crippen LogP contribution is -2.38. The van der Waals surface area contributed by atoms with Crippen LogP contribution in [0.15, 0.2) is 67.3 Å². The Balaban J connectivity index is 1.20. The maximum atomic E-state index is 13.4. The Labute approximate surface area is 242 Å². The molecule has 8 heteroatoms. The van der Waals surface area contributed by atoms with Gasteiger partial charge in [-0.15, -0.1) is 0 Å². The number of Topliss-reactive ketones (excluding diaryl/α,β-unsaturated/α-hetero) is 1. The number of benzene rings is 2. The lowest BCUT2D eigenvalue weighted by atomic mass is 9.88. The third-order valence-corrected chi connectivity index (χ3v) is 8.20. The molecule has 212 valence electrons. The summed E-state index contributed by atoms with van der Waals surface area (Å²) in [7, 11) is 3.85. The summed E-state index contributed by atoms with van der Waals surface area (Å²) in [4.78, 5) is 39.1. The van der Waals surface area contributed by atoms with Crippen molar-refractivity contribution in [2.75, 3.05) is 25.0 Å². The van der Waals surface area contributed by atoms with E-state index in [0.717, 1.165) is 35.1 Å². The molecule has 0 bridgehead atoms. The first-order valence-electron chi connectivity index (χ1n) is 14.3. The average Bonchev–Trinajstić information content (AvgIpc) is 3.44. The highest BCUT2D eigenvalue weighted by molar-refractivity contribution is 5.98. The quantitative estimate of drug-likeness (QED) is 0.270. The second kappa shape index (κ2) is 12.0. The van der Waals surface area contributed by atoms with E-state index in [0.29, 0.717) is 36.1 Å². The number of anilines is 1. The molecule has 1 saturated heterocycles. The number of amides is 1. The first kappa shape index (κ1) is 28.2. The van der Waals surface area contributed by atoms with Crippen molar-refractivity contribution in [3.63, 3.8) is 0 Å². The smallest absolute Gasteiger partial charge is 0.253 e. The first-order valence-corrected chi connectivity index (χ1v) is 14.3. The van der Waals surface area contributed by atoms with Crippen LogP contribution in [0, 0.1) is 6.92 Å². The molecule has 0 unspecified atom stereocenters. The van der Waals surface area contributed by atoms with E-state index in [1.807, 2.05) is 66.1 Å². The number of nitrogens with zero attached hydrogens (tertiary/aromatic N) is 6. The minimum Gasteiger partial charge on any atom is -0.341 e. The molecule has 0 spiro atoms. The molecular weight excluding hydrogens is 512 g/mol. The van der Waals surface area contributed by atoms with E-state index in [2.05, 4.69) is 53.2 Å². The number of carbonyl (C=O) groups is 2. The lowest BCUT2D eigenvalue weighted by Gasteiger charge is -2.32. The number of carbonyl (C=O) groups excluding carboxylic acids is 2. The molecule has 0 N–H and O–H groups in total. The number of rotatable bonds is 8. The van der Waals surface area contributed by atoms with Gasteiger partial charge in [-0.1, -0.05) is 30.3 Å². The average molecular weight is 551 g/mol. The summed E-state index contributed by atoms with van der Waals surface area (Å²) in [5.74, 6) is 0.980. The van der Waals surface area contributed by atoms with Crippen LogP contribution in [0.3, 0.4) is 0 Å². The fourth-order valence-corrected chi connectivity index (χ4v) is 5.26. The number of aromatic nitrogens is 4. The highest BCUT2D eigenvalue weighted by atomic mass is 16.2. The number of hydrogen-bond acceptors (Lipinski definition) is 6. The second-order valence-corrected chi connectivity index (χ2v) is 11.3. The van der Waals surface area contributed by atoms with Crippen LogP contribution < -0.4 is 4.90 Å². The Bertz CT molecular complexity index is 1520. The van der Waals surface area contributed by atoms with Crippen molar-refractivity contribution in [2.45, 2.75) is 52.0 Å². The molecule has 0 saturated carbocycles. The van der Waals surface area contributed by atoms with Gasteiger partial charge in [-0.05, 0) is 73.9 Å². The van der Waals surface area contributed by atoms with Crippen LogP contribution in [0.1, 0.15) is 70.0 Å². The van der Waals surface area contributed by atoms with Crippen LogP contribution >= 0.6 is 0 Å². The van der Waals surface area contributed by atoms with Gasteiger partial charge in [-0.3, -0.25) is 14.3 Å². The van der Waals surface area contributed by atoms with Crippen molar-refractivity contribution < 1.29 is 9.59 Å². The monoisotopic (exact) mass is 550 g/mol. The zero-order valence-electron chi connectivity index (χ0n) is 24.5. The van der Waals surface area contributed by atoms with Crippen molar-refractivity contribution in [3.05, 3.63) is 95.1 Å². The second-order valence-electron chi connectivity index (χ2n) is 11.3. The fourth-order valence-electron chi connectivity index (χ4n) is 5.26. The van der Waals surface area contributed by atoms with Gasteiger partial charge in [-0.2, -0.15) is 5.10 Å². The summed E-state index contributed by atoms with van der Waals surface area (Å²) in [6.45, 7) is 7.52. The Morgan fingerprint density at radius 1 is 0.951 bits per heavy atom. The molecule has 0 radical (unpaired) electrons. The Hall–Kier alpha value is -4.33. The van der Waals surface area contributed by atoms with E-state index in [1.54, 1.807) is 12.4 Å². The molecule has 2 aromatic carbocycles. The van der Waals surface area contributed by atoms with Crippen LogP contribution in [0.25, 0.3) is 11.1 Å². The number of hydrogen-bond donors (Lipinski definition) is 0. The zero-order valence-corrected chi connectivity index (χ0v) is 24.5. The van der Waals surface area contributed by atoms with Gasteiger partial charge in [0.15, 0.2) is 5.78 Å². The third kappa shape index (κ3) is 6.37. The van der Waals surface area contributed by atoms with Gasteiger partial charge in [0.2, 0.25) is 5.95 Å². The molecule has 1 aliphatic rings. The van der Waals surface area contributed by atoms with Gasteiger partial charge in [0.1, 0.15) is 0 Å². The highest BCUT2D eigenvalue weighted by Gasteiger charge is 2.25. The largest absolute Gasteiger partial charge is 0.341 e. The molecule has 8 nitrogen and oxygen atoms in total. The molecule has 5 rings (SSSR count). The van der Waals surface area contributed by atoms with Gasteiger partial charge in [-0.25, -0.2) is 9.97 Å². The van der Waals surface area contributed by atoms with Crippen LogP contribution in [0.2, 0.25) is 0 Å². The predicted octanol–water partition coefficient (Wildman–Crippen LogP) is 5.48. The third-order valence-electron chi connectivity index (χ3n) is 8.20. The van der Waals surface area contributed by atoms with E-state index in [4.69, 9.17) is 0 Å². The van der Waals surface area contributed by atoms with Gasteiger partial charge < -0.3 is 9.80 Å². The molecule has 0 aliphatic carbocycles. The summed E-state index contributed by atoms with van der Waals surface area (Å²) < 4.78 is 1.81. The van der Waals surface area contributed by atoms with E-state index in [9.17, 15) is 9.59 Å². The highest BCUT2D eigenvalue weighted by Crippen LogP contribution is 2.30. The molecule has 3 heterocycles. The van der Waals surface area contributed by atoms with Crippen LogP contribution in [-0.4, -0.2) is 62.5 Å². The predicted molar refractivity (Wildman–Crippen MR) is 161 cm³/mol. The summed E-state index contributed by atoms with van der Waals surface area (Å²) in [5, 5.41) is 4.26. The van der Waals surface area contributed by atoms with E-state index in [1.165, 1.54) is 5.56 Å². The summed E-state index contributed by atoms with van der Waals surface area (Å²) in [6, 6.07) is 14.7. The fraction of sp³-hybridized carbons (Fsp3) is 0.364. The minimum atomic E-state index is -0.0631. The van der Waals surface area contributed by atoms with Crippen LogP contribution in [-0.2, 0) is 13.5 Å². The van der Waals surface area contributed by atoms with Gasteiger partial charge in [0.25, 0.3) is 5.91 Å². The van der Waals surface area contributed by atoms with Gasteiger partial charge in [0, 0.05) is 69.4 Å². The van der Waals surface area contributed by atoms with Crippen LogP contribution in [0.4, 0.5) is 5.95 Å². The standard InChI is InChI=1S/C33H38N6O2/c1-22(2)38(5)33-34-18-29(19-35-33)31(40)17-28-16-27(7-6-23(28)3)32(41)39-14-12-26(13-15-39)24-8-10-25(11-9-24)30-20-36-37(4)21-30/h6-11,16,18-22,26H,12-15,17H2,1-5H3. The molecule has 1 aliphatic heterocycles. The lowest BCUT2D eigenvalue weighted by molar-refractivity contribution is 0.0712. The van der Waals surface area contributed by atoms with Crippen molar-refractivity contribution in [2.24, 2.45) is 7.05 Å². The van der Waals surface area contributed by atoms with Crippen molar-refractivity contribution in [1.29, 1.82) is 0 Å². The number of ketones is 1. The van der Waals surface area contributed by atoms with E-state index < -0.39 is 0 Å². The maximum absolute atomic E-state index is 13.4. The maximum Gasteiger partial charge on any atom is 0.253 e. The molecule has 2 aromatic heterocycles. The Morgan fingerprint density at radius 2 is 1.63 bits per heavy atom. The van der Waals surface area contributed by atoms with E-state index in [-0.39, 0.29) is 24.2 Å². The Morgan fingerprint density at radius 3 is 2.24 bits per heavy atom. The summed E-state index contributed by atoms with van der Waals surface area (Å²) >= 11 is 0.